The van der Waals surface area contributed by atoms with Gasteiger partial charge >= 0.3 is 0 Å². The summed E-state index contributed by atoms with van der Waals surface area (Å²) >= 11 is 1.56. The Morgan fingerprint density at radius 1 is 1.46 bits per heavy atom. The Balaban J connectivity index is 1.78. The third kappa shape index (κ3) is 3.94. The molecule has 1 aliphatic heterocycles. The molecule has 1 fully saturated rings. The van der Waals surface area contributed by atoms with E-state index in [0.29, 0.717) is 23.9 Å². The summed E-state index contributed by atoms with van der Waals surface area (Å²) in [7, 11) is 0. The van der Waals surface area contributed by atoms with Crippen molar-refractivity contribution >= 4 is 28.6 Å². The van der Waals surface area contributed by atoms with Gasteiger partial charge < -0.3 is 10.1 Å². The van der Waals surface area contributed by atoms with Gasteiger partial charge in [-0.05, 0) is 49.8 Å². The maximum atomic E-state index is 11.7. The minimum Gasteiger partial charge on any atom is -0.482 e. The average Bonchev–Trinajstić information content (AvgIpc) is 3.08. The fraction of sp³-hybridized carbons (Fsp3) is 0.381. The van der Waals surface area contributed by atoms with Crippen molar-refractivity contribution in [3.63, 3.8) is 0 Å². The molecule has 2 heterocycles. The molecule has 1 amide bonds. The summed E-state index contributed by atoms with van der Waals surface area (Å²) in [5, 5.41) is 9.92. The number of fused-ring (bicyclic) bond motifs is 1. The molecule has 6 nitrogen and oxygen atoms in total. The van der Waals surface area contributed by atoms with Crippen molar-refractivity contribution in [3.05, 3.63) is 41.0 Å². The van der Waals surface area contributed by atoms with Crippen LogP contribution in [0, 0.1) is 5.92 Å². The zero-order chi connectivity index (χ0) is 19.5. The molecule has 146 valence electrons. The fourth-order valence-electron chi connectivity index (χ4n) is 3.58. The molecule has 0 radical (unpaired) electrons. The first kappa shape index (κ1) is 18.7. The van der Waals surface area contributed by atoms with Crippen LogP contribution in [0.4, 0.5) is 5.69 Å². The summed E-state index contributed by atoms with van der Waals surface area (Å²) in [5.41, 5.74) is 3.83. The lowest BCUT2D eigenvalue weighted by atomic mass is 9.89. The molecular weight excluding hydrogens is 372 g/mol. The van der Waals surface area contributed by atoms with Crippen LogP contribution < -0.4 is 14.9 Å². The second kappa shape index (κ2) is 8.14. The van der Waals surface area contributed by atoms with E-state index in [4.69, 9.17) is 9.84 Å². The van der Waals surface area contributed by atoms with Gasteiger partial charge in [0.15, 0.2) is 6.61 Å². The maximum Gasteiger partial charge on any atom is 0.262 e. The van der Waals surface area contributed by atoms with E-state index in [1.54, 1.807) is 17.4 Å². The number of aromatic nitrogens is 1. The summed E-state index contributed by atoms with van der Waals surface area (Å²) in [5.74, 6) is 1.22. The second-order valence-corrected chi connectivity index (χ2v) is 8.10. The summed E-state index contributed by atoms with van der Waals surface area (Å²) in [6.45, 7) is 6.65. The number of hydrogen-bond acceptors (Lipinski definition) is 5. The van der Waals surface area contributed by atoms with Gasteiger partial charge in [-0.3, -0.25) is 9.79 Å². The number of hydrogen-bond donors (Lipinski definition) is 1. The van der Waals surface area contributed by atoms with Gasteiger partial charge in [0, 0.05) is 16.7 Å². The molecule has 0 saturated heterocycles. The number of carbonyl (C=O) groups excluding carboxylic acids is 1. The lowest BCUT2D eigenvalue weighted by Crippen LogP contribution is -2.25. The van der Waals surface area contributed by atoms with Crippen LogP contribution in [0.2, 0.25) is 0 Å². The number of nitrogens with one attached hydrogen (secondary N) is 1. The highest BCUT2D eigenvalue weighted by Crippen LogP contribution is 2.33. The Kier molecular flexibility index (Phi) is 5.43. The Morgan fingerprint density at radius 2 is 2.36 bits per heavy atom. The Labute approximate surface area is 168 Å². The Morgan fingerprint density at radius 3 is 3.18 bits per heavy atom. The van der Waals surface area contributed by atoms with Crippen molar-refractivity contribution in [3.8, 4) is 17.0 Å². The van der Waals surface area contributed by atoms with Crippen LogP contribution in [0.3, 0.4) is 0 Å². The molecule has 1 atom stereocenters. The topological polar surface area (TPSA) is 68.0 Å². The van der Waals surface area contributed by atoms with E-state index in [1.165, 1.54) is 18.6 Å². The SMILES string of the molecule is C=CCN=c1scc(-c2ccc3c(c2)NC(=O)CO3)n1N=C1CCCC(C)C1. The van der Waals surface area contributed by atoms with Gasteiger partial charge in [0.05, 0.1) is 17.9 Å². The minimum absolute atomic E-state index is 0.0568. The number of rotatable bonds is 4. The molecule has 0 spiro atoms. The lowest BCUT2D eigenvalue weighted by molar-refractivity contribution is -0.118. The predicted octanol–water partition coefficient (Wildman–Crippen LogP) is 4.05. The van der Waals surface area contributed by atoms with Crippen molar-refractivity contribution in [2.45, 2.75) is 32.6 Å². The number of benzene rings is 1. The van der Waals surface area contributed by atoms with E-state index in [2.05, 4.69) is 29.2 Å². The van der Waals surface area contributed by atoms with Crippen LogP contribution in [0.15, 0.2) is 46.3 Å². The normalized spacial score (nSPS) is 21.2. The summed E-state index contributed by atoms with van der Waals surface area (Å²) in [4.78, 5) is 17.1. The van der Waals surface area contributed by atoms with Gasteiger partial charge in [-0.1, -0.05) is 13.0 Å². The van der Waals surface area contributed by atoms with Crippen LogP contribution in [0.25, 0.3) is 11.3 Å². The quantitative estimate of drug-likeness (QED) is 0.792. The molecular formula is C21H24N4O2S. The number of carbonyl (C=O) groups is 1. The summed E-state index contributed by atoms with van der Waals surface area (Å²) in [6.07, 6.45) is 6.28. The summed E-state index contributed by atoms with van der Waals surface area (Å²) in [6, 6.07) is 5.82. The zero-order valence-corrected chi connectivity index (χ0v) is 16.8. The highest BCUT2D eigenvalue weighted by atomic mass is 32.1. The molecule has 1 aromatic carbocycles. The number of thiazole rings is 1. The van der Waals surface area contributed by atoms with E-state index in [0.717, 1.165) is 28.9 Å². The molecule has 1 aliphatic carbocycles. The fourth-order valence-corrected chi connectivity index (χ4v) is 4.42. The second-order valence-electron chi connectivity index (χ2n) is 7.26. The monoisotopic (exact) mass is 396 g/mol. The smallest absolute Gasteiger partial charge is 0.262 e. The number of amides is 1. The predicted molar refractivity (Wildman–Crippen MR) is 113 cm³/mol. The minimum atomic E-state index is -0.138. The molecule has 2 aliphatic rings. The van der Waals surface area contributed by atoms with Crippen molar-refractivity contribution in [2.24, 2.45) is 16.0 Å². The van der Waals surface area contributed by atoms with Gasteiger partial charge in [-0.25, -0.2) is 4.68 Å². The van der Waals surface area contributed by atoms with Crippen molar-refractivity contribution in [1.29, 1.82) is 0 Å². The third-order valence-corrected chi connectivity index (χ3v) is 5.79. The van der Waals surface area contributed by atoms with Gasteiger partial charge in [0.2, 0.25) is 4.80 Å². The van der Waals surface area contributed by atoms with Crippen LogP contribution in [-0.2, 0) is 4.79 Å². The van der Waals surface area contributed by atoms with Crippen LogP contribution in [0.1, 0.15) is 32.6 Å². The van der Waals surface area contributed by atoms with Crippen LogP contribution in [0.5, 0.6) is 5.75 Å². The van der Waals surface area contributed by atoms with Gasteiger partial charge in [-0.2, -0.15) is 5.10 Å². The first-order valence-corrected chi connectivity index (χ1v) is 10.5. The van der Waals surface area contributed by atoms with Crippen molar-refractivity contribution in [2.75, 3.05) is 18.5 Å². The standard InChI is InChI=1S/C21H24N4O2S/c1-3-9-22-21-25(24-16-6-4-5-14(2)10-16)18(13-28-21)15-7-8-19-17(11-15)23-20(26)12-27-19/h3,7-8,11,13-14H,1,4-6,9-10,12H2,2H3,(H,23,26). The van der Waals surface area contributed by atoms with E-state index in [9.17, 15) is 4.79 Å². The van der Waals surface area contributed by atoms with E-state index in [-0.39, 0.29) is 12.5 Å². The number of anilines is 1. The zero-order valence-electron chi connectivity index (χ0n) is 16.0. The molecule has 1 N–H and O–H groups in total. The van der Waals surface area contributed by atoms with Gasteiger partial charge in [0.1, 0.15) is 5.75 Å². The maximum absolute atomic E-state index is 11.7. The molecule has 4 rings (SSSR count). The first-order chi connectivity index (χ1) is 13.6. The van der Waals surface area contributed by atoms with Crippen LogP contribution >= 0.6 is 11.3 Å². The van der Waals surface area contributed by atoms with Crippen molar-refractivity contribution in [1.82, 2.24) is 4.68 Å². The molecule has 1 unspecified atom stereocenters. The largest absolute Gasteiger partial charge is 0.482 e. The first-order valence-electron chi connectivity index (χ1n) is 9.60. The highest BCUT2D eigenvalue weighted by molar-refractivity contribution is 7.07. The third-order valence-electron chi connectivity index (χ3n) is 4.94. The molecule has 2 aromatic rings. The number of nitrogens with zero attached hydrogens (tertiary/aromatic N) is 3. The molecule has 0 bridgehead atoms. The summed E-state index contributed by atoms with van der Waals surface area (Å²) < 4.78 is 7.41. The molecule has 1 saturated carbocycles. The highest BCUT2D eigenvalue weighted by Gasteiger charge is 2.19. The van der Waals surface area contributed by atoms with E-state index < -0.39 is 0 Å². The molecule has 28 heavy (non-hydrogen) atoms. The molecule has 1 aromatic heterocycles. The van der Waals surface area contributed by atoms with E-state index in [1.807, 2.05) is 22.9 Å². The average molecular weight is 397 g/mol. The van der Waals surface area contributed by atoms with Gasteiger partial charge in [-0.15, -0.1) is 17.9 Å². The Hall–Kier alpha value is -2.67. The lowest BCUT2D eigenvalue weighted by Gasteiger charge is -2.20. The van der Waals surface area contributed by atoms with Crippen molar-refractivity contribution < 1.29 is 9.53 Å². The van der Waals surface area contributed by atoms with E-state index >= 15 is 0 Å². The number of ether oxygens (including phenoxy) is 1. The molecule has 7 heteroatoms. The van der Waals surface area contributed by atoms with Crippen LogP contribution in [-0.4, -0.2) is 29.4 Å². The van der Waals surface area contributed by atoms with Gasteiger partial charge in [0.25, 0.3) is 5.91 Å². The Bertz CT molecular complexity index is 1000.